The summed E-state index contributed by atoms with van der Waals surface area (Å²) in [5.74, 6) is 0.695. The maximum Gasteiger partial charge on any atom is 0.324 e. The van der Waals surface area contributed by atoms with Gasteiger partial charge in [-0.2, -0.15) is 0 Å². The number of nitrogens with one attached hydrogen (secondary N) is 1. The van der Waals surface area contributed by atoms with Crippen LogP contribution < -0.4 is 10.1 Å². The molecule has 2 rings (SSSR count). The highest BCUT2D eigenvalue weighted by atomic mass is 16.5. The lowest BCUT2D eigenvalue weighted by molar-refractivity contribution is -0.127. The van der Waals surface area contributed by atoms with Crippen LogP contribution in [0.3, 0.4) is 0 Å². The van der Waals surface area contributed by atoms with E-state index in [-0.39, 0.29) is 23.4 Å². The predicted octanol–water partition coefficient (Wildman–Crippen LogP) is 3.47. The van der Waals surface area contributed by atoms with Gasteiger partial charge in [-0.3, -0.25) is 9.69 Å². The topological polar surface area (TPSA) is 58.6 Å². The first-order chi connectivity index (χ1) is 11.3. The number of carbonyl (C=O) groups excluding carboxylic acids is 2. The van der Waals surface area contributed by atoms with Crippen LogP contribution in [0.1, 0.15) is 52.5 Å². The first kappa shape index (κ1) is 18.3. The molecule has 5 nitrogen and oxygen atoms in total. The zero-order valence-electron chi connectivity index (χ0n) is 15.1. The number of hydrogen-bond donors (Lipinski definition) is 1. The molecule has 1 aliphatic heterocycles. The highest BCUT2D eigenvalue weighted by Gasteiger charge is 2.36. The van der Waals surface area contributed by atoms with E-state index in [0.29, 0.717) is 26.0 Å². The van der Waals surface area contributed by atoms with Crippen molar-refractivity contribution in [2.75, 3.05) is 13.2 Å². The smallest absolute Gasteiger partial charge is 0.324 e. The monoisotopic (exact) mass is 332 g/mol. The van der Waals surface area contributed by atoms with E-state index in [1.54, 1.807) is 0 Å². The van der Waals surface area contributed by atoms with Crippen molar-refractivity contribution in [3.05, 3.63) is 29.8 Å². The Hall–Kier alpha value is -2.04. The third-order valence-electron chi connectivity index (χ3n) is 4.20. The number of hydrogen-bond acceptors (Lipinski definition) is 3. The van der Waals surface area contributed by atoms with E-state index in [9.17, 15) is 9.59 Å². The van der Waals surface area contributed by atoms with Gasteiger partial charge in [0, 0.05) is 6.54 Å². The van der Waals surface area contributed by atoms with Gasteiger partial charge >= 0.3 is 6.03 Å². The lowest BCUT2D eigenvalue weighted by Crippen LogP contribution is -2.33. The molecule has 3 amide bonds. The molecule has 1 aromatic rings. The summed E-state index contributed by atoms with van der Waals surface area (Å²) in [7, 11) is 0. The molecule has 0 aliphatic carbocycles. The van der Waals surface area contributed by atoms with E-state index < -0.39 is 0 Å². The van der Waals surface area contributed by atoms with Crippen LogP contribution in [0.2, 0.25) is 0 Å². The normalized spacial score (nSPS) is 18.0. The molecule has 0 spiro atoms. The Morgan fingerprint density at radius 2 is 1.83 bits per heavy atom. The molecule has 5 heteroatoms. The zero-order chi connectivity index (χ0) is 17.7. The second-order valence-electron chi connectivity index (χ2n) is 7.26. The number of nitrogens with zero attached hydrogens (tertiary/aromatic N) is 1. The molecule has 132 valence electrons. The predicted molar refractivity (Wildman–Crippen MR) is 94.2 cm³/mol. The minimum Gasteiger partial charge on any atom is -0.494 e. The van der Waals surface area contributed by atoms with Crippen molar-refractivity contribution in [1.82, 2.24) is 10.2 Å². The van der Waals surface area contributed by atoms with Crippen molar-refractivity contribution in [2.45, 2.75) is 58.4 Å². The van der Waals surface area contributed by atoms with Crippen LogP contribution >= 0.6 is 0 Å². The molecular formula is C19H28N2O3. The zero-order valence-corrected chi connectivity index (χ0v) is 15.1. The Morgan fingerprint density at radius 1 is 1.17 bits per heavy atom. The van der Waals surface area contributed by atoms with Crippen molar-refractivity contribution < 1.29 is 14.3 Å². The first-order valence-corrected chi connectivity index (χ1v) is 8.68. The lowest BCUT2D eigenvalue weighted by Gasteiger charge is -2.19. The molecule has 1 saturated heterocycles. The fourth-order valence-corrected chi connectivity index (χ4v) is 2.74. The third-order valence-corrected chi connectivity index (χ3v) is 4.20. The molecule has 1 aromatic carbocycles. The Morgan fingerprint density at radius 3 is 2.42 bits per heavy atom. The highest BCUT2D eigenvalue weighted by molar-refractivity contribution is 6.04. The van der Waals surface area contributed by atoms with E-state index in [1.165, 1.54) is 10.5 Å². The average molecular weight is 332 g/mol. The van der Waals surface area contributed by atoms with Gasteiger partial charge in [-0.1, -0.05) is 46.2 Å². The lowest BCUT2D eigenvalue weighted by atomic mass is 9.87. The molecule has 1 unspecified atom stereocenters. The fraction of sp³-hybridized carbons (Fsp3) is 0.579. The fourth-order valence-electron chi connectivity index (χ4n) is 2.74. The van der Waals surface area contributed by atoms with Crippen molar-refractivity contribution >= 4 is 11.9 Å². The first-order valence-electron chi connectivity index (χ1n) is 8.68. The number of ether oxygens (including phenoxy) is 1. The van der Waals surface area contributed by atoms with Gasteiger partial charge in [-0.15, -0.1) is 0 Å². The van der Waals surface area contributed by atoms with Crippen LogP contribution in [-0.2, 0) is 10.2 Å². The minimum absolute atomic E-state index is 0.114. The van der Waals surface area contributed by atoms with E-state index in [1.807, 2.05) is 19.1 Å². The van der Waals surface area contributed by atoms with E-state index in [0.717, 1.165) is 12.2 Å². The Balaban J connectivity index is 1.77. The number of benzene rings is 1. The van der Waals surface area contributed by atoms with E-state index in [2.05, 4.69) is 38.2 Å². The molecule has 1 heterocycles. The Bertz CT molecular complexity index is 575. The van der Waals surface area contributed by atoms with Crippen molar-refractivity contribution in [2.24, 2.45) is 0 Å². The largest absolute Gasteiger partial charge is 0.494 e. The van der Waals surface area contributed by atoms with Gasteiger partial charge in [0.05, 0.1) is 6.61 Å². The molecule has 1 N–H and O–H groups in total. The SMILES string of the molecule is CCCC1NC(=O)N(CCCOc2ccc(C(C)(C)C)cc2)C1=O. The average Bonchev–Trinajstić information content (AvgIpc) is 2.78. The second-order valence-corrected chi connectivity index (χ2v) is 7.26. The van der Waals surface area contributed by atoms with Gasteiger partial charge in [0.1, 0.15) is 11.8 Å². The third kappa shape index (κ3) is 4.49. The van der Waals surface area contributed by atoms with Gasteiger partial charge in [0.15, 0.2) is 0 Å². The van der Waals surface area contributed by atoms with Crippen LogP contribution in [0.15, 0.2) is 24.3 Å². The van der Waals surface area contributed by atoms with Gasteiger partial charge in [-0.05, 0) is 36.0 Å². The Labute approximate surface area is 144 Å². The summed E-state index contributed by atoms with van der Waals surface area (Å²) < 4.78 is 5.71. The van der Waals surface area contributed by atoms with Crippen LogP contribution in [0.4, 0.5) is 4.79 Å². The van der Waals surface area contributed by atoms with Crippen LogP contribution in [0.5, 0.6) is 5.75 Å². The molecule has 0 saturated carbocycles. The molecule has 1 aliphatic rings. The summed E-state index contributed by atoms with van der Waals surface area (Å²) >= 11 is 0. The summed E-state index contributed by atoms with van der Waals surface area (Å²) in [6, 6.07) is 7.43. The number of urea groups is 1. The molecular weight excluding hydrogens is 304 g/mol. The van der Waals surface area contributed by atoms with Crippen molar-refractivity contribution in [3.8, 4) is 5.75 Å². The summed E-state index contributed by atoms with van der Waals surface area (Å²) in [6.45, 7) is 9.39. The molecule has 24 heavy (non-hydrogen) atoms. The summed E-state index contributed by atoms with van der Waals surface area (Å²) in [5.41, 5.74) is 1.38. The van der Waals surface area contributed by atoms with Gasteiger partial charge in [-0.25, -0.2) is 4.79 Å². The van der Waals surface area contributed by atoms with Crippen molar-refractivity contribution in [1.29, 1.82) is 0 Å². The summed E-state index contributed by atoms with van der Waals surface area (Å²) in [6.07, 6.45) is 2.19. The number of imide groups is 1. The van der Waals surface area contributed by atoms with E-state index in [4.69, 9.17) is 4.74 Å². The Kier molecular flexibility index (Phi) is 5.86. The van der Waals surface area contributed by atoms with Crippen LogP contribution in [0, 0.1) is 0 Å². The molecule has 1 atom stereocenters. The summed E-state index contributed by atoms with van der Waals surface area (Å²) in [4.78, 5) is 25.2. The number of rotatable bonds is 7. The van der Waals surface area contributed by atoms with E-state index >= 15 is 0 Å². The number of carbonyl (C=O) groups is 2. The van der Waals surface area contributed by atoms with Crippen LogP contribution in [-0.4, -0.2) is 36.0 Å². The number of amides is 3. The van der Waals surface area contributed by atoms with Crippen LogP contribution in [0.25, 0.3) is 0 Å². The molecule has 0 aromatic heterocycles. The van der Waals surface area contributed by atoms with Gasteiger partial charge < -0.3 is 10.1 Å². The highest BCUT2D eigenvalue weighted by Crippen LogP contribution is 2.24. The standard InChI is InChI=1S/C19H28N2O3/c1-5-7-16-17(22)21(18(23)20-16)12-6-13-24-15-10-8-14(9-11-15)19(2,3)4/h8-11,16H,5-7,12-13H2,1-4H3,(H,20,23). The van der Waals surface area contributed by atoms with Gasteiger partial charge in [0.2, 0.25) is 0 Å². The molecule has 1 fully saturated rings. The summed E-state index contributed by atoms with van der Waals surface area (Å²) in [5, 5.41) is 2.73. The van der Waals surface area contributed by atoms with Gasteiger partial charge in [0.25, 0.3) is 5.91 Å². The minimum atomic E-state index is -0.353. The molecule has 0 radical (unpaired) electrons. The quantitative estimate of drug-likeness (QED) is 0.614. The second kappa shape index (κ2) is 7.69. The molecule has 0 bridgehead atoms. The maximum atomic E-state index is 12.1. The van der Waals surface area contributed by atoms with Crippen molar-refractivity contribution in [3.63, 3.8) is 0 Å². The maximum absolute atomic E-state index is 12.1.